The molecule has 1 aliphatic heterocycles. The summed E-state index contributed by atoms with van der Waals surface area (Å²) < 4.78 is 43.2. The Morgan fingerprint density at radius 2 is 1.97 bits per heavy atom. The fraction of sp³-hybridized carbons (Fsp3) is 0.412. The summed E-state index contributed by atoms with van der Waals surface area (Å²) >= 11 is 0. The van der Waals surface area contributed by atoms with E-state index in [4.69, 9.17) is 14.0 Å². The SMILES string of the molecule is COc1nc(CNS(=O)(=O)Cc2noc3ccccc23)nc(N2CCOCC2)n1. The van der Waals surface area contributed by atoms with Crippen LogP contribution in [0.25, 0.3) is 11.0 Å². The number of methoxy groups -OCH3 is 1. The third kappa shape index (κ3) is 4.60. The molecule has 0 atom stereocenters. The Morgan fingerprint density at radius 3 is 2.76 bits per heavy atom. The van der Waals surface area contributed by atoms with Crippen molar-refractivity contribution < 1.29 is 22.4 Å². The molecule has 3 aromatic rings. The van der Waals surface area contributed by atoms with Crippen molar-refractivity contribution in [3.05, 3.63) is 35.8 Å². The third-order valence-electron chi connectivity index (χ3n) is 4.35. The molecule has 4 rings (SSSR count). The van der Waals surface area contributed by atoms with Crippen LogP contribution in [0.15, 0.2) is 28.8 Å². The second-order valence-electron chi connectivity index (χ2n) is 6.34. The Hall–Kier alpha value is -2.83. The lowest BCUT2D eigenvalue weighted by molar-refractivity contribution is 0.122. The van der Waals surface area contributed by atoms with Crippen molar-refractivity contribution in [1.29, 1.82) is 0 Å². The molecule has 154 valence electrons. The average Bonchev–Trinajstić information content (AvgIpc) is 3.15. The first kappa shape index (κ1) is 19.5. The molecule has 1 saturated heterocycles. The zero-order chi connectivity index (χ0) is 20.3. The number of ether oxygens (including phenoxy) is 2. The topological polar surface area (TPSA) is 133 Å². The van der Waals surface area contributed by atoms with Gasteiger partial charge in [0.05, 0.1) is 26.9 Å². The molecule has 11 nitrogen and oxygen atoms in total. The molecule has 0 unspecified atom stereocenters. The van der Waals surface area contributed by atoms with E-state index in [1.54, 1.807) is 24.3 Å². The molecule has 0 saturated carbocycles. The van der Waals surface area contributed by atoms with Crippen LogP contribution in [0.4, 0.5) is 5.95 Å². The van der Waals surface area contributed by atoms with Crippen LogP contribution in [0.5, 0.6) is 6.01 Å². The van der Waals surface area contributed by atoms with Crippen molar-refractivity contribution in [2.24, 2.45) is 0 Å². The molecule has 0 aliphatic carbocycles. The number of aromatic nitrogens is 4. The summed E-state index contributed by atoms with van der Waals surface area (Å²) in [5.74, 6) is 0.367. The molecule has 1 aromatic carbocycles. The maximum Gasteiger partial charge on any atom is 0.321 e. The van der Waals surface area contributed by atoms with Crippen molar-refractivity contribution >= 4 is 26.9 Å². The number of hydrogen-bond donors (Lipinski definition) is 1. The highest BCUT2D eigenvalue weighted by Gasteiger charge is 2.20. The van der Waals surface area contributed by atoms with E-state index in [9.17, 15) is 8.42 Å². The summed E-state index contributed by atoms with van der Waals surface area (Å²) in [5, 5.41) is 4.53. The summed E-state index contributed by atoms with van der Waals surface area (Å²) in [5.41, 5.74) is 0.880. The predicted molar refractivity (Wildman–Crippen MR) is 103 cm³/mol. The first-order valence-corrected chi connectivity index (χ1v) is 10.6. The van der Waals surface area contributed by atoms with Crippen LogP contribution >= 0.6 is 0 Å². The second-order valence-corrected chi connectivity index (χ2v) is 8.15. The number of nitrogens with zero attached hydrogens (tertiary/aromatic N) is 5. The van der Waals surface area contributed by atoms with Crippen LogP contribution in [0, 0.1) is 0 Å². The predicted octanol–water partition coefficient (Wildman–Crippen LogP) is 0.478. The summed E-state index contributed by atoms with van der Waals surface area (Å²) in [6.07, 6.45) is 0. The fourth-order valence-electron chi connectivity index (χ4n) is 2.91. The van der Waals surface area contributed by atoms with E-state index >= 15 is 0 Å². The molecular formula is C17H20N6O5S. The number of nitrogens with one attached hydrogen (secondary N) is 1. The Bertz CT molecular complexity index is 1100. The van der Waals surface area contributed by atoms with E-state index in [1.165, 1.54) is 7.11 Å². The average molecular weight is 420 g/mol. The number of anilines is 1. The molecule has 0 spiro atoms. The molecule has 0 radical (unpaired) electrons. The van der Waals surface area contributed by atoms with Gasteiger partial charge in [-0.15, -0.1) is 0 Å². The Morgan fingerprint density at radius 1 is 1.17 bits per heavy atom. The molecule has 3 heterocycles. The first-order chi connectivity index (χ1) is 14.0. The number of para-hydroxylation sites is 1. The van der Waals surface area contributed by atoms with Crippen LogP contribution in [0.2, 0.25) is 0 Å². The van der Waals surface area contributed by atoms with Gasteiger partial charge in [0.2, 0.25) is 16.0 Å². The fourth-order valence-corrected chi connectivity index (χ4v) is 3.93. The van der Waals surface area contributed by atoms with Gasteiger partial charge in [0, 0.05) is 18.5 Å². The van der Waals surface area contributed by atoms with Crippen LogP contribution in [-0.4, -0.2) is 61.9 Å². The Kier molecular flexibility index (Phi) is 5.56. The van der Waals surface area contributed by atoms with Crippen LogP contribution < -0.4 is 14.4 Å². The molecule has 1 aliphatic rings. The standard InChI is InChI=1S/C17H20N6O5S/c1-26-17-20-15(19-16(21-17)23-6-8-27-9-7-23)10-18-29(24,25)11-13-12-4-2-3-5-14(12)28-22-13/h2-5,18H,6-11H2,1H3. The van der Waals surface area contributed by atoms with Gasteiger partial charge in [-0.1, -0.05) is 17.3 Å². The van der Waals surface area contributed by atoms with Crippen molar-refractivity contribution in [1.82, 2.24) is 24.8 Å². The highest BCUT2D eigenvalue weighted by atomic mass is 32.2. The minimum absolute atomic E-state index is 0.103. The zero-order valence-electron chi connectivity index (χ0n) is 15.7. The molecule has 29 heavy (non-hydrogen) atoms. The smallest absolute Gasteiger partial charge is 0.321 e. The van der Waals surface area contributed by atoms with Crippen LogP contribution in [-0.2, 0) is 27.1 Å². The molecular weight excluding hydrogens is 400 g/mol. The number of rotatable bonds is 7. The summed E-state index contributed by atoms with van der Waals surface area (Å²) in [7, 11) is -2.25. The van der Waals surface area contributed by atoms with Gasteiger partial charge in [-0.25, -0.2) is 13.1 Å². The molecule has 1 fully saturated rings. The van der Waals surface area contributed by atoms with E-state index in [1.807, 2.05) is 4.90 Å². The van der Waals surface area contributed by atoms with Gasteiger partial charge >= 0.3 is 6.01 Å². The second kappa shape index (κ2) is 8.27. The van der Waals surface area contributed by atoms with E-state index in [-0.39, 0.29) is 24.1 Å². The monoisotopic (exact) mass is 420 g/mol. The van der Waals surface area contributed by atoms with Crippen LogP contribution in [0.3, 0.4) is 0 Å². The third-order valence-corrected chi connectivity index (χ3v) is 5.59. The van der Waals surface area contributed by atoms with Gasteiger partial charge in [-0.05, 0) is 12.1 Å². The number of fused-ring (bicyclic) bond motifs is 1. The minimum Gasteiger partial charge on any atom is -0.467 e. The number of hydrogen-bond acceptors (Lipinski definition) is 10. The lowest BCUT2D eigenvalue weighted by Gasteiger charge is -2.26. The van der Waals surface area contributed by atoms with Crippen LogP contribution in [0.1, 0.15) is 11.5 Å². The van der Waals surface area contributed by atoms with E-state index in [0.717, 1.165) is 0 Å². The van der Waals surface area contributed by atoms with Gasteiger partial charge in [0.15, 0.2) is 11.4 Å². The normalized spacial score (nSPS) is 15.0. The number of sulfonamides is 1. The minimum atomic E-state index is -3.70. The highest BCUT2D eigenvalue weighted by Crippen LogP contribution is 2.19. The lowest BCUT2D eigenvalue weighted by atomic mass is 10.2. The molecule has 0 amide bonds. The number of morpholine rings is 1. The highest BCUT2D eigenvalue weighted by molar-refractivity contribution is 7.88. The summed E-state index contributed by atoms with van der Waals surface area (Å²) in [6, 6.07) is 7.22. The van der Waals surface area contributed by atoms with Gasteiger partial charge < -0.3 is 18.9 Å². The lowest BCUT2D eigenvalue weighted by Crippen LogP contribution is -2.37. The van der Waals surface area contributed by atoms with Crippen molar-refractivity contribution in [3.8, 4) is 6.01 Å². The van der Waals surface area contributed by atoms with Crippen molar-refractivity contribution in [3.63, 3.8) is 0 Å². The summed E-state index contributed by atoms with van der Waals surface area (Å²) in [4.78, 5) is 14.7. The van der Waals surface area contributed by atoms with Crippen molar-refractivity contribution in [2.75, 3.05) is 38.3 Å². The quantitative estimate of drug-likeness (QED) is 0.575. The van der Waals surface area contributed by atoms with Gasteiger partial charge in [-0.2, -0.15) is 15.0 Å². The Labute approximate surface area is 167 Å². The maximum absolute atomic E-state index is 12.5. The molecule has 1 N–H and O–H groups in total. The van der Waals surface area contributed by atoms with E-state index < -0.39 is 10.0 Å². The van der Waals surface area contributed by atoms with Gasteiger partial charge in [0.1, 0.15) is 11.4 Å². The van der Waals surface area contributed by atoms with Gasteiger partial charge in [-0.3, -0.25) is 0 Å². The largest absolute Gasteiger partial charge is 0.467 e. The Balaban J connectivity index is 1.48. The summed E-state index contributed by atoms with van der Waals surface area (Å²) in [6.45, 7) is 2.31. The first-order valence-electron chi connectivity index (χ1n) is 8.96. The maximum atomic E-state index is 12.5. The van der Waals surface area contributed by atoms with Crippen molar-refractivity contribution in [2.45, 2.75) is 12.3 Å². The van der Waals surface area contributed by atoms with Gasteiger partial charge in [0.25, 0.3) is 0 Å². The molecule has 0 bridgehead atoms. The number of benzene rings is 1. The molecule has 12 heteroatoms. The van der Waals surface area contributed by atoms with E-state index in [2.05, 4.69) is 24.8 Å². The van der Waals surface area contributed by atoms with E-state index in [0.29, 0.717) is 48.9 Å². The molecule has 2 aromatic heterocycles. The zero-order valence-corrected chi connectivity index (χ0v) is 16.6.